The van der Waals surface area contributed by atoms with Gasteiger partial charge in [-0.25, -0.2) is 4.98 Å². The molecule has 116 valence electrons. The number of hydrogen-bond donors (Lipinski definition) is 0. The van der Waals surface area contributed by atoms with Crippen LogP contribution in [-0.4, -0.2) is 16.2 Å². The molecule has 0 radical (unpaired) electrons. The van der Waals surface area contributed by atoms with E-state index < -0.39 is 0 Å². The van der Waals surface area contributed by atoms with Crippen molar-refractivity contribution in [2.45, 2.75) is 6.42 Å². The lowest BCUT2D eigenvalue weighted by Gasteiger charge is -2.03. The lowest BCUT2D eigenvalue weighted by atomic mass is 10.1. The second-order valence-corrected chi connectivity index (χ2v) is 4.97. The zero-order valence-corrected chi connectivity index (χ0v) is 12.8. The van der Waals surface area contributed by atoms with Crippen LogP contribution in [-0.2, 0) is 6.42 Å². The molecule has 5 nitrogen and oxygen atoms in total. The van der Waals surface area contributed by atoms with E-state index in [2.05, 4.69) is 21.0 Å². The predicted molar refractivity (Wildman–Crippen MR) is 91.6 cm³/mol. The standard InChI is InChI=1S/C19H14N4O/c20-10-9-15-1-5-17(6-2-15)23-13-16-3-7-18(8-4-16)24-19-14-21-11-12-22-19/h1-8,11-14H,9H2. The third kappa shape index (κ3) is 4.24. The minimum absolute atomic E-state index is 0.414. The van der Waals surface area contributed by atoms with Crippen LogP contribution in [0.15, 0.2) is 72.1 Å². The highest BCUT2D eigenvalue weighted by atomic mass is 16.5. The third-order valence-corrected chi connectivity index (χ3v) is 3.22. The molecule has 5 heteroatoms. The van der Waals surface area contributed by atoms with Gasteiger partial charge < -0.3 is 4.74 Å². The van der Waals surface area contributed by atoms with Gasteiger partial charge in [0.1, 0.15) is 5.75 Å². The van der Waals surface area contributed by atoms with E-state index in [4.69, 9.17) is 10.00 Å². The van der Waals surface area contributed by atoms with Crippen molar-refractivity contribution in [2.75, 3.05) is 0 Å². The van der Waals surface area contributed by atoms with E-state index in [1.54, 1.807) is 24.8 Å². The Kier molecular flexibility index (Phi) is 4.91. The summed E-state index contributed by atoms with van der Waals surface area (Å²) in [7, 11) is 0. The molecule has 0 saturated carbocycles. The topological polar surface area (TPSA) is 71.2 Å². The van der Waals surface area contributed by atoms with E-state index >= 15 is 0 Å². The van der Waals surface area contributed by atoms with E-state index in [-0.39, 0.29) is 0 Å². The van der Waals surface area contributed by atoms with Crippen LogP contribution in [0.3, 0.4) is 0 Å². The number of aliphatic imine (C=N–C) groups is 1. The largest absolute Gasteiger partial charge is 0.438 e. The Hall–Kier alpha value is -3.52. The third-order valence-electron chi connectivity index (χ3n) is 3.22. The summed E-state index contributed by atoms with van der Waals surface area (Å²) in [6.45, 7) is 0. The van der Waals surface area contributed by atoms with Crippen LogP contribution in [0.1, 0.15) is 11.1 Å². The molecule has 0 fully saturated rings. The summed E-state index contributed by atoms with van der Waals surface area (Å²) in [5, 5.41) is 8.66. The fraction of sp³-hybridized carbons (Fsp3) is 0.0526. The van der Waals surface area contributed by atoms with Gasteiger partial charge in [-0.15, -0.1) is 0 Å². The van der Waals surface area contributed by atoms with Crippen molar-refractivity contribution < 1.29 is 4.74 Å². The summed E-state index contributed by atoms with van der Waals surface area (Å²) >= 11 is 0. The quantitative estimate of drug-likeness (QED) is 0.665. The Morgan fingerprint density at radius 1 is 1.04 bits per heavy atom. The molecule has 3 aromatic rings. The van der Waals surface area contributed by atoms with Gasteiger partial charge in [-0.3, -0.25) is 9.98 Å². The number of aromatic nitrogens is 2. The number of ether oxygens (including phenoxy) is 1. The molecule has 0 N–H and O–H groups in total. The first-order valence-corrected chi connectivity index (χ1v) is 7.37. The Morgan fingerprint density at radius 3 is 2.50 bits per heavy atom. The van der Waals surface area contributed by atoms with E-state index in [0.29, 0.717) is 18.1 Å². The number of nitrogens with zero attached hydrogens (tertiary/aromatic N) is 4. The van der Waals surface area contributed by atoms with Crippen molar-refractivity contribution in [3.63, 3.8) is 0 Å². The molecular formula is C19H14N4O. The number of benzene rings is 2. The molecule has 0 bridgehead atoms. The lowest BCUT2D eigenvalue weighted by Crippen LogP contribution is -1.88. The van der Waals surface area contributed by atoms with E-state index in [9.17, 15) is 0 Å². The van der Waals surface area contributed by atoms with Crippen molar-refractivity contribution >= 4 is 11.9 Å². The minimum atomic E-state index is 0.414. The molecule has 0 amide bonds. The van der Waals surface area contributed by atoms with Crippen molar-refractivity contribution in [3.8, 4) is 17.7 Å². The Balaban J connectivity index is 1.64. The Bertz CT molecular complexity index is 851. The summed E-state index contributed by atoms with van der Waals surface area (Å²) in [5.41, 5.74) is 2.79. The molecule has 0 spiro atoms. The molecule has 2 aromatic carbocycles. The van der Waals surface area contributed by atoms with E-state index in [0.717, 1.165) is 16.8 Å². The lowest BCUT2D eigenvalue weighted by molar-refractivity contribution is 0.460. The van der Waals surface area contributed by atoms with Crippen LogP contribution >= 0.6 is 0 Å². The van der Waals surface area contributed by atoms with Crippen molar-refractivity contribution in [2.24, 2.45) is 4.99 Å². The monoisotopic (exact) mass is 314 g/mol. The summed E-state index contributed by atoms with van der Waals surface area (Å²) < 4.78 is 5.59. The molecule has 0 aliphatic heterocycles. The summed E-state index contributed by atoms with van der Waals surface area (Å²) in [6.07, 6.45) is 6.94. The van der Waals surface area contributed by atoms with Gasteiger partial charge in [0.25, 0.3) is 0 Å². The second kappa shape index (κ2) is 7.65. The SMILES string of the molecule is N#CCc1ccc(N=Cc2ccc(Oc3cnccn3)cc2)cc1. The maximum atomic E-state index is 8.66. The highest BCUT2D eigenvalue weighted by molar-refractivity contribution is 5.82. The highest BCUT2D eigenvalue weighted by Gasteiger charge is 1.98. The van der Waals surface area contributed by atoms with Gasteiger partial charge in [-0.1, -0.05) is 12.1 Å². The van der Waals surface area contributed by atoms with Gasteiger partial charge in [0.05, 0.1) is 24.4 Å². The van der Waals surface area contributed by atoms with Gasteiger partial charge in [0, 0.05) is 18.6 Å². The first-order chi connectivity index (χ1) is 11.8. The van der Waals surface area contributed by atoms with Crippen LogP contribution in [0.4, 0.5) is 5.69 Å². The van der Waals surface area contributed by atoms with Gasteiger partial charge >= 0.3 is 0 Å². The zero-order chi connectivity index (χ0) is 16.6. The smallest absolute Gasteiger partial charge is 0.237 e. The fourth-order valence-corrected chi connectivity index (χ4v) is 2.02. The molecule has 0 aliphatic carbocycles. The fourth-order valence-electron chi connectivity index (χ4n) is 2.02. The van der Waals surface area contributed by atoms with Crippen LogP contribution in [0.25, 0.3) is 0 Å². The van der Waals surface area contributed by atoms with Crippen LogP contribution in [0.2, 0.25) is 0 Å². The van der Waals surface area contributed by atoms with E-state index in [1.165, 1.54) is 0 Å². The molecule has 0 atom stereocenters. The molecule has 24 heavy (non-hydrogen) atoms. The maximum absolute atomic E-state index is 8.66. The Labute approximate surface area is 139 Å². The molecule has 0 saturated heterocycles. The first kappa shape index (κ1) is 15.4. The summed E-state index contributed by atoms with van der Waals surface area (Å²) in [5.74, 6) is 1.14. The first-order valence-electron chi connectivity index (χ1n) is 7.37. The molecule has 1 heterocycles. The van der Waals surface area contributed by atoms with Crippen molar-refractivity contribution in [1.29, 1.82) is 5.26 Å². The normalized spacial score (nSPS) is 10.5. The minimum Gasteiger partial charge on any atom is -0.438 e. The molecule has 0 aliphatic rings. The highest BCUT2D eigenvalue weighted by Crippen LogP contribution is 2.19. The number of nitriles is 1. The summed E-state index contributed by atoms with van der Waals surface area (Å²) in [6, 6.07) is 17.3. The molecule has 3 rings (SSSR count). The Morgan fingerprint density at radius 2 is 1.83 bits per heavy atom. The van der Waals surface area contributed by atoms with Gasteiger partial charge in [0.15, 0.2) is 0 Å². The van der Waals surface area contributed by atoms with Gasteiger partial charge in [-0.2, -0.15) is 5.26 Å². The average Bonchev–Trinajstić information content (AvgIpc) is 2.63. The van der Waals surface area contributed by atoms with Gasteiger partial charge in [0.2, 0.25) is 5.88 Å². The molecule has 0 unspecified atom stereocenters. The van der Waals surface area contributed by atoms with E-state index in [1.807, 2.05) is 48.5 Å². The summed E-state index contributed by atoms with van der Waals surface area (Å²) in [4.78, 5) is 12.4. The second-order valence-electron chi connectivity index (χ2n) is 4.97. The van der Waals surface area contributed by atoms with Crippen LogP contribution in [0.5, 0.6) is 11.6 Å². The van der Waals surface area contributed by atoms with Crippen molar-refractivity contribution in [1.82, 2.24) is 9.97 Å². The zero-order valence-electron chi connectivity index (χ0n) is 12.8. The predicted octanol–water partition coefficient (Wildman–Crippen LogP) is 4.09. The molecular weight excluding hydrogens is 300 g/mol. The molecule has 1 aromatic heterocycles. The maximum Gasteiger partial charge on any atom is 0.237 e. The number of hydrogen-bond acceptors (Lipinski definition) is 5. The number of rotatable bonds is 5. The van der Waals surface area contributed by atoms with Gasteiger partial charge in [-0.05, 0) is 47.5 Å². The van der Waals surface area contributed by atoms with Crippen LogP contribution in [0, 0.1) is 11.3 Å². The average molecular weight is 314 g/mol. The van der Waals surface area contributed by atoms with Crippen molar-refractivity contribution in [3.05, 3.63) is 78.2 Å². The van der Waals surface area contributed by atoms with Crippen LogP contribution < -0.4 is 4.74 Å².